The minimum atomic E-state index is -0.298. The number of hydrogen-bond donors (Lipinski definition) is 0. The molecule has 3 aromatic carbocycles. The predicted molar refractivity (Wildman–Crippen MR) is 87.4 cm³/mol. The normalized spacial score (nSPS) is 10.2. The van der Waals surface area contributed by atoms with Crippen molar-refractivity contribution < 1.29 is 9.53 Å². The molecule has 0 amide bonds. The standard InChI is InChI=1S/C20H16O2/c21-20(19-9-5-2-6-10-19)22-15-16-11-13-18(14-12-16)17-7-3-1-4-8-17/h1-14H,15H2. The first-order valence-electron chi connectivity index (χ1n) is 7.19. The van der Waals surface area contributed by atoms with Crippen LogP contribution >= 0.6 is 0 Å². The number of carbonyl (C=O) groups is 1. The highest BCUT2D eigenvalue weighted by molar-refractivity contribution is 5.89. The smallest absolute Gasteiger partial charge is 0.338 e. The summed E-state index contributed by atoms with van der Waals surface area (Å²) in [6.45, 7) is 0.281. The summed E-state index contributed by atoms with van der Waals surface area (Å²) in [6.07, 6.45) is 0. The fourth-order valence-electron chi connectivity index (χ4n) is 2.23. The van der Waals surface area contributed by atoms with E-state index in [0.29, 0.717) is 5.56 Å². The summed E-state index contributed by atoms with van der Waals surface area (Å²) >= 11 is 0. The average Bonchev–Trinajstić information content (AvgIpc) is 2.61. The topological polar surface area (TPSA) is 26.3 Å². The number of hydrogen-bond acceptors (Lipinski definition) is 2. The molecular weight excluding hydrogens is 272 g/mol. The molecule has 0 N–H and O–H groups in total. The highest BCUT2D eigenvalue weighted by atomic mass is 16.5. The Bertz CT molecular complexity index is 732. The summed E-state index contributed by atoms with van der Waals surface area (Å²) in [5.41, 5.74) is 3.88. The lowest BCUT2D eigenvalue weighted by Crippen LogP contribution is -2.04. The van der Waals surface area contributed by atoms with Gasteiger partial charge in [0.2, 0.25) is 0 Å². The predicted octanol–water partition coefficient (Wildman–Crippen LogP) is 4.71. The van der Waals surface area contributed by atoms with E-state index >= 15 is 0 Å². The molecule has 0 saturated heterocycles. The molecule has 0 heterocycles. The molecule has 3 rings (SSSR count). The van der Waals surface area contributed by atoms with Gasteiger partial charge < -0.3 is 4.74 Å². The molecule has 2 heteroatoms. The molecular formula is C20H16O2. The van der Waals surface area contributed by atoms with Gasteiger partial charge in [-0.05, 0) is 28.8 Å². The Morgan fingerprint density at radius 3 is 1.86 bits per heavy atom. The molecule has 0 bridgehead atoms. The molecule has 2 nitrogen and oxygen atoms in total. The molecule has 0 aliphatic rings. The van der Waals surface area contributed by atoms with Gasteiger partial charge in [0.25, 0.3) is 0 Å². The van der Waals surface area contributed by atoms with Crippen LogP contribution in [0.15, 0.2) is 84.9 Å². The summed E-state index contributed by atoms with van der Waals surface area (Å²) in [4.78, 5) is 11.9. The first-order chi connectivity index (χ1) is 10.8. The van der Waals surface area contributed by atoms with Crippen LogP contribution in [0, 0.1) is 0 Å². The molecule has 0 radical (unpaired) electrons. The van der Waals surface area contributed by atoms with E-state index in [9.17, 15) is 4.79 Å². The molecule has 0 aromatic heterocycles. The van der Waals surface area contributed by atoms with Gasteiger partial charge >= 0.3 is 5.97 Å². The molecule has 22 heavy (non-hydrogen) atoms. The quantitative estimate of drug-likeness (QED) is 0.650. The Morgan fingerprint density at radius 2 is 1.23 bits per heavy atom. The van der Waals surface area contributed by atoms with Gasteiger partial charge in [-0.25, -0.2) is 4.79 Å². The molecule has 108 valence electrons. The summed E-state index contributed by atoms with van der Waals surface area (Å²) in [6, 6.07) is 27.3. The van der Waals surface area contributed by atoms with E-state index in [0.717, 1.165) is 11.1 Å². The van der Waals surface area contributed by atoms with E-state index in [1.807, 2.05) is 60.7 Å². The summed E-state index contributed by atoms with van der Waals surface area (Å²) in [7, 11) is 0. The third-order valence-corrected chi connectivity index (χ3v) is 3.44. The monoisotopic (exact) mass is 288 g/mol. The van der Waals surface area contributed by atoms with Crippen LogP contribution in [0.4, 0.5) is 0 Å². The number of rotatable bonds is 4. The molecule has 3 aromatic rings. The summed E-state index contributed by atoms with van der Waals surface area (Å²) in [5, 5.41) is 0. The van der Waals surface area contributed by atoms with Gasteiger partial charge in [-0.15, -0.1) is 0 Å². The Balaban J connectivity index is 1.63. The Hall–Kier alpha value is -2.87. The summed E-state index contributed by atoms with van der Waals surface area (Å²) in [5.74, 6) is -0.298. The first kappa shape index (κ1) is 14.1. The lowest BCUT2D eigenvalue weighted by Gasteiger charge is -2.06. The van der Waals surface area contributed by atoms with E-state index in [1.54, 1.807) is 12.1 Å². The van der Waals surface area contributed by atoms with Crippen molar-refractivity contribution in [2.45, 2.75) is 6.61 Å². The third kappa shape index (κ3) is 3.41. The van der Waals surface area contributed by atoms with Gasteiger partial charge in [-0.3, -0.25) is 0 Å². The van der Waals surface area contributed by atoms with Crippen LogP contribution in [-0.4, -0.2) is 5.97 Å². The van der Waals surface area contributed by atoms with Crippen molar-refractivity contribution >= 4 is 5.97 Å². The van der Waals surface area contributed by atoms with Crippen LogP contribution < -0.4 is 0 Å². The molecule has 0 aliphatic heterocycles. The second-order valence-corrected chi connectivity index (χ2v) is 5.01. The SMILES string of the molecule is O=C(OCc1ccc(-c2ccccc2)cc1)c1ccccc1. The van der Waals surface area contributed by atoms with E-state index in [1.165, 1.54) is 5.56 Å². The Labute approximate surface area is 130 Å². The highest BCUT2D eigenvalue weighted by Crippen LogP contribution is 2.19. The van der Waals surface area contributed by atoms with Gasteiger partial charge in [-0.2, -0.15) is 0 Å². The maximum absolute atomic E-state index is 11.9. The highest BCUT2D eigenvalue weighted by Gasteiger charge is 2.06. The van der Waals surface area contributed by atoms with Crippen molar-refractivity contribution in [2.75, 3.05) is 0 Å². The average molecular weight is 288 g/mol. The maximum atomic E-state index is 11.9. The zero-order valence-electron chi connectivity index (χ0n) is 12.1. The number of esters is 1. The van der Waals surface area contributed by atoms with Crippen LogP contribution in [0.5, 0.6) is 0 Å². The van der Waals surface area contributed by atoms with Crippen molar-refractivity contribution in [3.63, 3.8) is 0 Å². The number of carbonyl (C=O) groups excluding carboxylic acids is 1. The van der Waals surface area contributed by atoms with Crippen LogP contribution in [0.25, 0.3) is 11.1 Å². The second-order valence-electron chi connectivity index (χ2n) is 5.01. The minimum Gasteiger partial charge on any atom is -0.457 e. The fraction of sp³-hybridized carbons (Fsp3) is 0.0500. The molecule has 0 aliphatic carbocycles. The lowest BCUT2D eigenvalue weighted by molar-refractivity contribution is 0.0473. The maximum Gasteiger partial charge on any atom is 0.338 e. The van der Waals surface area contributed by atoms with Crippen LogP contribution in [-0.2, 0) is 11.3 Å². The molecule has 0 atom stereocenters. The van der Waals surface area contributed by atoms with Gasteiger partial charge in [0.05, 0.1) is 5.56 Å². The van der Waals surface area contributed by atoms with Crippen molar-refractivity contribution in [3.05, 3.63) is 96.1 Å². The third-order valence-electron chi connectivity index (χ3n) is 3.44. The van der Waals surface area contributed by atoms with Crippen LogP contribution in [0.2, 0.25) is 0 Å². The molecule has 0 spiro atoms. The minimum absolute atomic E-state index is 0.281. The van der Waals surface area contributed by atoms with Gasteiger partial charge in [0.1, 0.15) is 6.61 Å². The number of benzene rings is 3. The fourth-order valence-corrected chi connectivity index (χ4v) is 2.23. The Kier molecular flexibility index (Phi) is 4.30. The number of ether oxygens (including phenoxy) is 1. The molecule has 0 fully saturated rings. The van der Waals surface area contributed by atoms with Crippen LogP contribution in [0.1, 0.15) is 15.9 Å². The van der Waals surface area contributed by atoms with Crippen molar-refractivity contribution in [3.8, 4) is 11.1 Å². The largest absolute Gasteiger partial charge is 0.457 e. The van der Waals surface area contributed by atoms with Gasteiger partial charge in [-0.1, -0.05) is 72.8 Å². The van der Waals surface area contributed by atoms with E-state index < -0.39 is 0 Å². The van der Waals surface area contributed by atoms with E-state index in [-0.39, 0.29) is 12.6 Å². The summed E-state index contributed by atoms with van der Waals surface area (Å²) < 4.78 is 5.32. The zero-order valence-corrected chi connectivity index (χ0v) is 12.1. The van der Waals surface area contributed by atoms with E-state index in [2.05, 4.69) is 12.1 Å². The van der Waals surface area contributed by atoms with E-state index in [4.69, 9.17) is 4.74 Å². The van der Waals surface area contributed by atoms with Crippen molar-refractivity contribution in [1.29, 1.82) is 0 Å². The lowest BCUT2D eigenvalue weighted by atomic mass is 10.0. The van der Waals surface area contributed by atoms with Gasteiger partial charge in [0, 0.05) is 0 Å². The second kappa shape index (κ2) is 6.72. The molecule has 0 saturated carbocycles. The first-order valence-corrected chi connectivity index (χ1v) is 7.19. The molecule has 0 unspecified atom stereocenters. The van der Waals surface area contributed by atoms with Gasteiger partial charge in [0.15, 0.2) is 0 Å². The zero-order chi connectivity index (χ0) is 15.2. The van der Waals surface area contributed by atoms with Crippen molar-refractivity contribution in [2.24, 2.45) is 0 Å². The Morgan fingerprint density at radius 1 is 0.682 bits per heavy atom. The van der Waals surface area contributed by atoms with Crippen molar-refractivity contribution in [1.82, 2.24) is 0 Å². The van der Waals surface area contributed by atoms with Crippen LogP contribution in [0.3, 0.4) is 0 Å².